The first-order chi connectivity index (χ1) is 22.4. The Bertz CT molecular complexity index is 1400. The van der Waals surface area contributed by atoms with Gasteiger partial charge in [0.05, 0.1) is 31.4 Å². The van der Waals surface area contributed by atoms with Crippen LogP contribution in [0.25, 0.3) is 0 Å². The number of carboxylic acids is 1. The number of rotatable bonds is 5. The van der Waals surface area contributed by atoms with Crippen LogP contribution in [0, 0.1) is 22.7 Å². The van der Waals surface area contributed by atoms with Crippen molar-refractivity contribution in [2.45, 2.75) is 70.5 Å². The Morgan fingerprint density at radius 1 is 1.19 bits per heavy atom. The highest BCUT2D eigenvalue weighted by Crippen LogP contribution is 2.51. The molecule has 0 aromatic heterocycles. The number of methoxy groups -OCH3 is 1. The van der Waals surface area contributed by atoms with E-state index in [1.54, 1.807) is 25.1 Å². The number of aliphatic hydroxyl groups is 1. The van der Waals surface area contributed by atoms with Crippen molar-refractivity contribution >= 4 is 29.2 Å². The summed E-state index contributed by atoms with van der Waals surface area (Å²) in [6.07, 6.45) is 15.9. The number of anilines is 1. The molecule has 1 aromatic carbocycles. The lowest BCUT2D eigenvalue weighted by molar-refractivity contribution is -0.148. The number of carboxylic acid groups (broad SMARTS) is 1. The summed E-state index contributed by atoms with van der Waals surface area (Å²) in [6.45, 7) is 6.10. The smallest absolute Gasteiger partial charge is 0.329 e. The van der Waals surface area contributed by atoms with E-state index in [0.29, 0.717) is 36.8 Å². The molecular weight excluding hydrogens is 620 g/mol. The highest BCUT2D eigenvalue weighted by molar-refractivity contribution is 6.31. The highest BCUT2D eigenvalue weighted by atomic mass is 35.5. The first kappa shape index (κ1) is 35.5. The van der Waals surface area contributed by atoms with Crippen molar-refractivity contribution in [2.24, 2.45) is 22.7 Å². The van der Waals surface area contributed by atoms with Crippen LogP contribution in [-0.2, 0) is 24.7 Å². The minimum Gasteiger partial charge on any atom is -0.490 e. The molecule has 0 saturated heterocycles. The number of allylic oxidation sites excluding steroid dienone is 3. The molecule has 47 heavy (non-hydrogen) atoms. The summed E-state index contributed by atoms with van der Waals surface area (Å²) in [5.41, 5.74) is -0.695. The van der Waals surface area contributed by atoms with Crippen molar-refractivity contribution in [3.63, 3.8) is 0 Å². The number of benzene rings is 1. The van der Waals surface area contributed by atoms with Crippen molar-refractivity contribution in [3.8, 4) is 5.75 Å². The average Bonchev–Trinajstić information content (AvgIpc) is 3.05. The fourth-order valence-corrected chi connectivity index (χ4v) is 7.90. The van der Waals surface area contributed by atoms with Crippen LogP contribution in [0.3, 0.4) is 0 Å². The van der Waals surface area contributed by atoms with Gasteiger partial charge in [0.15, 0.2) is 0 Å². The van der Waals surface area contributed by atoms with Gasteiger partial charge in [-0.2, -0.15) is 0 Å². The topological polar surface area (TPSA) is 109 Å². The van der Waals surface area contributed by atoms with Crippen LogP contribution in [0.15, 0.2) is 53.6 Å². The second kappa shape index (κ2) is 14.7. The maximum absolute atomic E-state index is 13.5. The molecular formula is C37H51ClN2O7. The molecule has 1 fully saturated rings. The summed E-state index contributed by atoms with van der Waals surface area (Å²) in [5.74, 6) is -0.143. The van der Waals surface area contributed by atoms with Gasteiger partial charge in [-0.1, -0.05) is 62.2 Å². The van der Waals surface area contributed by atoms with E-state index in [9.17, 15) is 19.8 Å². The fraction of sp³-hybridized carbons (Fsp3) is 0.622. The Hall–Kier alpha value is -2.85. The molecule has 6 atom stereocenters. The van der Waals surface area contributed by atoms with Gasteiger partial charge in [0, 0.05) is 44.2 Å². The van der Waals surface area contributed by atoms with Gasteiger partial charge in [-0.05, 0) is 73.1 Å². The van der Waals surface area contributed by atoms with Crippen LogP contribution in [0.2, 0.25) is 0 Å². The van der Waals surface area contributed by atoms with Gasteiger partial charge in [0.2, 0.25) is 5.91 Å². The Morgan fingerprint density at radius 3 is 2.72 bits per heavy atom. The standard InChI is InChI=1S/C37H51ClN2O7/c1-35-16-14-29(35)31(45-4)10-6-7-17-39(3)33(41)21-37(44,25-46-22-34(42)43)27-11-12-32-30(20-27)40(23-35)18-8-5-9-26-19-28(38)13-15-36(26,2)24-47-32/h6,10-13,15,19-20,26,29,31,44H,5,7-9,14,16-18,21-25H2,1-4H3,(H,42,43)/b10-6+/t26?,29-,31-,35?,36?,37-/m0/s1. The van der Waals surface area contributed by atoms with Crippen molar-refractivity contribution < 1.29 is 34.0 Å². The van der Waals surface area contributed by atoms with Crippen molar-refractivity contribution in [1.29, 1.82) is 0 Å². The lowest BCUT2D eigenvalue weighted by atomic mass is 9.58. The zero-order valence-corrected chi connectivity index (χ0v) is 29.0. The summed E-state index contributed by atoms with van der Waals surface area (Å²) in [6, 6.07) is 5.58. The van der Waals surface area contributed by atoms with Gasteiger partial charge < -0.3 is 34.2 Å². The van der Waals surface area contributed by atoms with Crippen LogP contribution in [0.4, 0.5) is 5.69 Å². The molecule has 258 valence electrons. The van der Waals surface area contributed by atoms with Gasteiger partial charge in [0.1, 0.15) is 18.0 Å². The number of carbonyl (C=O) groups excluding carboxylic acids is 1. The lowest BCUT2D eigenvalue weighted by Gasteiger charge is -2.52. The maximum atomic E-state index is 13.5. The van der Waals surface area contributed by atoms with Gasteiger partial charge in [-0.3, -0.25) is 4.79 Å². The van der Waals surface area contributed by atoms with E-state index in [-0.39, 0.29) is 41.8 Å². The van der Waals surface area contributed by atoms with Crippen LogP contribution in [-0.4, -0.2) is 86.7 Å². The third-order valence-electron chi connectivity index (χ3n) is 10.9. The van der Waals surface area contributed by atoms with Gasteiger partial charge in [-0.25, -0.2) is 4.79 Å². The van der Waals surface area contributed by atoms with Gasteiger partial charge in [-0.15, -0.1) is 0 Å². The SMILES string of the molecule is CO[C@H]1/C=C/CCN(C)C(=O)C[C@](O)(COCC(=O)O)c2ccc3c(c2)N(CCCCC2C=C(Cl)C=CC2(C)CO3)CC2(C)CC[C@@H]12. The molecule has 1 aromatic rings. The predicted molar refractivity (Wildman–Crippen MR) is 183 cm³/mol. The summed E-state index contributed by atoms with van der Waals surface area (Å²) >= 11 is 6.46. The Labute approximate surface area is 284 Å². The minimum absolute atomic E-state index is 0.0256. The molecule has 4 aliphatic rings. The minimum atomic E-state index is -1.75. The van der Waals surface area contributed by atoms with Crippen LogP contribution in [0.5, 0.6) is 5.75 Å². The van der Waals surface area contributed by atoms with E-state index in [4.69, 9.17) is 25.8 Å². The van der Waals surface area contributed by atoms with Crippen molar-refractivity contribution in [3.05, 3.63) is 59.2 Å². The maximum Gasteiger partial charge on any atom is 0.329 e. The van der Waals surface area contributed by atoms with Crippen molar-refractivity contribution in [1.82, 2.24) is 4.90 Å². The van der Waals surface area contributed by atoms with Crippen LogP contribution < -0.4 is 9.64 Å². The van der Waals surface area contributed by atoms with E-state index in [1.165, 1.54) is 0 Å². The van der Waals surface area contributed by atoms with Gasteiger partial charge in [0.25, 0.3) is 0 Å². The number of ether oxygens (including phenoxy) is 3. The first-order valence-corrected chi connectivity index (χ1v) is 17.3. The Kier molecular flexibility index (Phi) is 11.1. The monoisotopic (exact) mass is 670 g/mol. The van der Waals surface area contributed by atoms with E-state index in [0.717, 1.165) is 55.9 Å². The molecule has 2 N–H and O–H groups in total. The Balaban J connectivity index is 1.60. The molecule has 2 bridgehead atoms. The summed E-state index contributed by atoms with van der Waals surface area (Å²) in [4.78, 5) is 28.8. The zero-order chi connectivity index (χ0) is 33.8. The van der Waals surface area contributed by atoms with Crippen molar-refractivity contribution in [2.75, 3.05) is 58.5 Å². The first-order valence-electron chi connectivity index (χ1n) is 16.9. The largest absolute Gasteiger partial charge is 0.490 e. The van der Waals surface area contributed by atoms with E-state index < -0.39 is 18.2 Å². The van der Waals surface area contributed by atoms with E-state index >= 15 is 0 Å². The molecule has 1 saturated carbocycles. The molecule has 10 heteroatoms. The molecule has 0 radical (unpaired) electrons. The number of halogens is 1. The summed E-state index contributed by atoms with van der Waals surface area (Å²) in [5, 5.41) is 22.2. The lowest BCUT2D eigenvalue weighted by Crippen LogP contribution is -2.51. The summed E-state index contributed by atoms with van der Waals surface area (Å²) in [7, 11) is 3.49. The molecule has 2 aliphatic heterocycles. The molecule has 3 unspecified atom stereocenters. The fourth-order valence-electron chi connectivity index (χ4n) is 7.69. The third-order valence-corrected chi connectivity index (χ3v) is 11.2. The number of carbonyl (C=O) groups is 2. The summed E-state index contributed by atoms with van der Waals surface area (Å²) < 4.78 is 18.2. The quantitative estimate of drug-likeness (QED) is 0.373. The van der Waals surface area contributed by atoms with E-state index in [1.807, 2.05) is 18.2 Å². The third kappa shape index (κ3) is 8.07. The molecule has 1 amide bonds. The van der Waals surface area contributed by atoms with Crippen LogP contribution >= 0.6 is 11.6 Å². The number of aliphatic carboxylic acids is 1. The molecule has 9 nitrogen and oxygen atoms in total. The number of amides is 1. The molecule has 5 rings (SSSR count). The molecule has 2 heterocycles. The number of hydrogen-bond donors (Lipinski definition) is 2. The van der Waals surface area contributed by atoms with Gasteiger partial charge >= 0.3 is 5.97 Å². The number of fused-ring (bicyclic) bond motifs is 3. The zero-order valence-electron chi connectivity index (χ0n) is 28.3. The normalized spacial score (nSPS) is 34.1. The molecule has 2 aliphatic carbocycles. The Morgan fingerprint density at radius 2 is 2.00 bits per heavy atom. The second-order valence-electron chi connectivity index (χ2n) is 14.5. The second-order valence-corrected chi connectivity index (χ2v) is 14.9. The van der Waals surface area contributed by atoms with E-state index in [2.05, 4.69) is 43.1 Å². The van der Waals surface area contributed by atoms with Crippen LogP contribution in [0.1, 0.15) is 64.4 Å². The number of nitrogens with zero attached hydrogens (tertiary/aromatic N) is 2. The average molecular weight is 671 g/mol. The molecule has 0 spiro atoms. The predicted octanol–water partition coefficient (Wildman–Crippen LogP) is 5.90. The number of hydrogen-bond acceptors (Lipinski definition) is 7. The highest BCUT2D eigenvalue weighted by Gasteiger charge is 2.48.